The summed E-state index contributed by atoms with van der Waals surface area (Å²) in [5, 5.41) is 7.99. The van der Waals surface area contributed by atoms with Crippen molar-refractivity contribution in [3.63, 3.8) is 0 Å². The van der Waals surface area contributed by atoms with E-state index in [1.165, 1.54) is 0 Å². The Kier molecular flexibility index (Phi) is 4.46. The zero-order valence-electron chi connectivity index (χ0n) is 4.96. The van der Waals surface area contributed by atoms with Crippen LogP contribution >= 0.6 is 0 Å². The Morgan fingerprint density at radius 3 is 2.89 bits per heavy atom. The highest BCUT2D eigenvalue weighted by Gasteiger charge is 1.91. The zero-order chi connectivity index (χ0) is 7.11. The summed E-state index contributed by atoms with van der Waals surface area (Å²) in [6, 6.07) is 1.86. The molecule has 0 fully saturated rings. The van der Waals surface area contributed by atoms with Crippen molar-refractivity contribution in [2.24, 2.45) is 5.73 Å². The van der Waals surface area contributed by atoms with Crippen LogP contribution in [-0.2, 0) is 9.53 Å². The third kappa shape index (κ3) is 6.92. The van der Waals surface area contributed by atoms with Crippen LogP contribution in [0.4, 0.5) is 0 Å². The van der Waals surface area contributed by atoms with E-state index < -0.39 is 5.91 Å². The van der Waals surface area contributed by atoms with Crippen molar-refractivity contribution in [3.8, 4) is 6.07 Å². The van der Waals surface area contributed by atoms with Crippen LogP contribution in [0.15, 0.2) is 0 Å². The zero-order valence-corrected chi connectivity index (χ0v) is 4.96. The summed E-state index contributed by atoms with van der Waals surface area (Å²) in [4.78, 5) is 9.98. The van der Waals surface area contributed by atoms with Gasteiger partial charge in [0.25, 0.3) is 0 Å². The molecule has 2 N–H and O–H groups in total. The highest BCUT2D eigenvalue weighted by Crippen LogP contribution is 1.77. The molecule has 0 bridgehead atoms. The molecule has 4 nitrogen and oxygen atoms in total. The SMILES string of the molecule is N#CCCOCC(N)=O. The van der Waals surface area contributed by atoms with E-state index in [4.69, 9.17) is 11.0 Å². The van der Waals surface area contributed by atoms with Crippen LogP contribution in [0.3, 0.4) is 0 Å². The predicted molar refractivity (Wildman–Crippen MR) is 30.2 cm³/mol. The molecule has 0 aromatic heterocycles. The summed E-state index contributed by atoms with van der Waals surface area (Å²) in [5.41, 5.74) is 4.73. The summed E-state index contributed by atoms with van der Waals surface area (Å²) in [5.74, 6) is -0.507. The van der Waals surface area contributed by atoms with Gasteiger partial charge < -0.3 is 10.5 Å². The Morgan fingerprint density at radius 2 is 2.44 bits per heavy atom. The van der Waals surface area contributed by atoms with Gasteiger partial charge in [-0.15, -0.1) is 0 Å². The van der Waals surface area contributed by atoms with Crippen LogP contribution < -0.4 is 5.73 Å². The minimum atomic E-state index is -0.507. The first-order valence-electron chi connectivity index (χ1n) is 2.50. The second kappa shape index (κ2) is 5.06. The predicted octanol–water partition coefficient (Wildman–Crippen LogP) is -0.598. The molecule has 9 heavy (non-hydrogen) atoms. The molecule has 0 rings (SSSR count). The fourth-order valence-electron chi connectivity index (χ4n) is 0.291. The maximum Gasteiger partial charge on any atom is 0.243 e. The molecular formula is C5H8N2O2. The lowest BCUT2D eigenvalue weighted by molar-refractivity contribution is -0.122. The molecule has 0 aromatic rings. The Hall–Kier alpha value is -1.08. The standard InChI is InChI=1S/C5H8N2O2/c6-2-1-3-9-4-5(7)8/h1,3-4H2,(H2,7,8). The number of carbonyl (C=O) groups excluding carboxylic acids is 1. The van der Waals surface area contributed by atoms with E-state index in [-0.39, 0.29) is 13.2 Å². The highest BCUT2D eigenvalue weighted by molar-refractivity contribution is 5.74. The molecule has 0 spiro atoms. The quantitative estimate of drug-likeness (QED) is 0.514. The van der Waals surface area contributed by atoms with Crippen LogP contribution in [0.2, 0.25) is 0 Å². The molecule has 4 heteroatoms. The molecule has 0 aliphatic heterocycles. The highest BCUT2D eigenvalue weighted by atomic mass is 16.5. The van der Waals surface area contributed by atoms with Gasteiger partial charge in [-0.1, -0.05) is 0 Å². The van der Waals surface area contributed by atoms with Gasteiger partial charge in [0.15, 0.2) is 0 Å². The lowest BCUT2D eigenvalue weighted by atomic mass is 10.5. The van der Waals surface area contributed by atoms with E-state index in [0.717, 1.165) is 0 Å². The first-order chi connectivity index (χ1) is 4.27. The number of nitrogens with two attached hydrogens (primary N) is 1. The number of amides is 1. The van der Waals surface area contributed by atoms with Crippen molar-refractivity contribution in [3.05, 3.63) is 0 Å². The fourth-order valence-corrected chi connectivity index (χ4v) is 0.291. The van der Waals surface area contributed by atoms with Gasteiger partial charge in [-0.25, -0.2) is 0 Å². The topological polar surface area (TPSA) is 76.1 Å². The second-order valence-electron chi connectivity index (χ2n) is 1.43. The fraction of sp³-hybridized carbons (Fsp3) is 0.600. The monoisotopic (exact) mass is 128 g/mol. The number of ether oxygens (including phenoxy) is 1. The lowest BCUT2D eigenvalue weighted by Gasteiger charge is -1.93. The number of hydrogen-bond acceptors (Lipinski definition) is 3. The number of hydrogen-bond donors (Lipinski definition) is 1. The molecule has 0 aliphatic rings. The van der Waals surface area contributed by atoms with Gasteiger partial charge in [0.2, 0.25) is 5.91 Å². The molecule has 1 amide bonds. The Labute approximate surface area is 53.2 Å². The molecule has 0 heterocycles. The van der Waals surface area contributed by atoms with Gasteiger partial charge in [0.1, 0.15) is 6.61 Å². The van der Waals surface area contributed by atoms with Crippen molar-refractivity contribution >= 4 is 5.91 Å². The number of nitriles is 1. The number of carbonyl (C=O) groups is 1. The lowest BCUT2D eigenvalue weighted by Crippen LogP contribution is -2.18. The molecule has 0 unspecified atom stereocenters. The van der Waals surface area contributed by atoms with Gasteiger partial charge in [0.05, 0.1) is 19.1 Å². The Bertz CT molecular complexity index is 127. The minimum Gasteiger partial charge on any atom is -0.371 e. The average Bonchev–Trinajstić information content (AvgIpc) is 1.80. The number of nitrogens with zero attached hydrogens (tertiary/aromatic N) is 1. The summed E-state index contributed by atoms with van der Waals surface area (Å²) in [6.45, 7) is 0.182. The largest absolute Gasteiger partial charge is 0.371 e. The van der Waals surface area contributed by atoms with E-state index in [2.05, 4.69) is 4.74 Å². The van der Waals surface area contributed by atoms with Gasteiger partial charge in [0, 0.05) is 0 Å². The van der Waals surface area contributed by atoms with Crippen molar-refractivity contribution in [2.75, 3.05) is 13.2 Å². The Morgan fingerprint density at radius 1 is 1.78 bits per heavy atom. The minimum absolute atomic E-state index is 0.0956. The molecule has 0 radical (unpaired) electrons. The number of primary amides is 1. The van der Waals surface area contributed by atoms with E-state index >= 15 is 0 Å². The molecule has 0 saturated heterocycles. The summed E-state index contributed by atoms with van der Waals surface area (Å²) in [7, 11) is 0. The third-order valence-corrected chi connectivity index (χ3v) is 0.603. The van der Waals surface area contributed by atoms with Gasteiger partial charge in [-0.05, 0) is 0 Å². The van der Waals surface area contributed by atoms with Crippen molar-refractivity contribution in [1.82, 2.24) is 0 Å². The van der Waals surface area contributed by atoms with Crippen LogP contribution in [-0.4, -0.2) is 19.1 Å². The van der Waals surface area contributed by atoms with E-state index in [0.29, 0.717) is 6.42 Å². The van der Waals surface area contributed by atoms with E-state index in [9.17, 15) is 4.79 Å². The van der Waals surface area contributed by atoms with Crippen molar-refractivity contribution in [2.45, 2.75) is 6.42 Å². The molecular weight excluding hydrogens is 120 g/mol. The average molecular weight is 128 g/mol. The molecule has 0 saturated carbocycles. The van der Waals surface area contributed by atoms with Crippen LogP contribution in [0.5, 0.6) is 0 Å². The maximum atomic E-state index is 9.98. The summed E-state index contributed by atoms with van der Waals surface area (Å²) < 4.78 is 4.64. The second-order valence-corrected chi connectivity index (χ2v) is 1.43. The van der Waals surface area contributed by atoms with Crippen molar-refractivity contribution in [1.29, 1.82) is 5.26 Å². The van der Waals surface area contributed by atoms with Crippen molar-refractivity contribution < 1.29 is 9.53 Å². The molecule has 0 atom stereocenters. The van der Waals surface area contributed by atoms with Crippen LogP contribution in [0.25, 0.3) is 0 Å². The van der Waals surface area contributed by atoms with Gasteiger partial charge >= 0.3 is 0 Å². The van der Waals surface area contributed by atoms with Crippen LogP contribution in [0.1, 0.15) is 6.42 Å². The molecule has 0 aliphatic carbocycles. The van der Waals surface area contributed by atoms with Gasteiger partial charge in [-0.2, -0.15) is 5.26 Å². The van der Waals surface area contributed by atoms with Gasteiger partial charge in [-0.3, -0.25) is 4.79 Å². The molecule has 50 valence electrons. The van der Waals surface area contributed by atoms with E-state index in [1.807, 2.05) is 6.07 Å². The first-order valence-corrected chi connectivity index (χ1v) is 2.50. The van der Waals surface area contributed by atoms with Crippen LogP contribution in [0, 0.1) is 11.3 Å². The number of rotatable bonds is 4. The molecule has 0 aromatic carbocycles. The smallest absolute Gasteiger partial charge is 0.243 e. The third-order valence-electron chi connectivity index (χ3n) is 0.603. The Balaban J connectivity index is 2.94. The first kappa shape index (κ1) is 7.92. The van der Waals surface area contributed by atoms with E-state index in [1.54, 1.807) is 0 Å². The maximum absolute atomic E-state index is 9.98. The summed E-state index contributed by atoms with van der Waals surface area (Å²) in [6.07, 6.45) is 0.299. The normalized spacial score (nSPS) is 8.33. The summed E-state index contributed by atoms with van der Waals surface area (Å²) >= 11 is 0.